The van der Waals surface area contributed by atoms with E-state index in [9.17, 15) is 14.3 Å². The molecule has 2 aromatic carbocycles. The molecule has 0 bridgehead atoms. The van der Waals surface area contributed by atoms with Crippen LogP contribution in [-0.4, -0.2) is 17.7 Å². The first kappa shape index (κ1) is 16.0. The number of aliphatic hydroxyl groups excluding tert-OH is 1. The maximum Gasteiger partial charge on any atom is 0.315 e. The Kier molecular flexibility index (Phi) is 5.91. The molecular formula is C17H19FN2O2. The Morgan fingerprint density at radius 1 is 1.05 bits per heavy atom. The molecule has 3 N–H and O–H groups in total. The Bertz CT molecular complexity index is 587. The van der Waals surface area contributed by atoms with E-state index in [1.165, 1.54) is 12.1 Å². The van der Waals surface area contributed by atoms with Gasteiger partial charge in [-0.1, -0.05) is 42.5 Å². The van der Waals surface area contributed by atoms with E-state index < -0.39 is 6.10 Å². The summed E-state index contributed by atoms with van der Waals surface area (Å²) in [4.78, 5) is 11.6. The molecule has 2 aromatic rings. The lowest BCUT2D eigenvalue weighted by molar-refractivity contribution is 0.167. The predicted molar refractivity (Wildman–Crippen MR) is 82.7 cm³/mol. The van der Waals surface area contributed by atoms with Crippen LogP contribution in [0.1, 0.15) is 23.7 Å². The second-order valence-corrected chi connectivity index (χ2v) is 4.95. The Morgan fingerprint density at radius 2 is 1.73 bits per heavy atom. The average molecular weight is 302 g/mol. The van der Waals surface area contributed by atoms with Gasteiger partial charge in [0, 0.05) is 13.1 Å². The normalized spacial score (nSPS) is 11.7. The summed E-state index contributed by atoms with van der Waals surface area (Å²) in [6.45, 7) is 0.693. The number of halogens is 1. The van der Waals surface area contributed by atoms with Crippen LogP contribution in [0, 0.1) is 5.82 Å². The van der Waals surface area contributed by atoms with Crippen molar-refractivity contribution in [2.24, 2.45) is 0 Å². The monoisotopic (exact) mass is 302 g/mol. The molecule has 0 aliphatic rings. The second kappa shape index (κ2) is 8.14. The molecule has 0 aliphatic heterocycles. The molecule has 0 spiro atoms. The van der Waals surface area contributed by atoms with Crippen LogP contribution < -0.4 is 10.6 Å². The van der Waals surface area contributed by atoms with E-state index in [0.29, 0.717) is 19.5 Å². The van der Waals surface area contributed by atoms with Crippen LogP contribution in [-0.2, 0) is 6.54 Å². The van der Waals surface area contributed by atoms with Gasteiger partial charge >= 0.3 is 6.03 Å². The number of hydrogen-bond donors (Lipinski definition) is 3. The number of nitrogens with one attached hydrogen (secondary N) is 2. The van der Waals surface area contributed by atoms with Crippen LogP contribution in [0.25, 0.3) is 0 Å². The Labute approximate surface area is 129 Å². The summed E-state index contributed by atoms with van der Waals surface area (Å²) in [6.07, 6.45) is -0.160. The van der Waals surface area contributed by atoms with E-state index >= 15 is 0 Å². The number of carbonyl (C=O) groups excluding carboxylic acids is 1. The topological polar surface area (TPSA) is 61.4 Å². The van der Waals surface area contributed by atoms with Gasteiger partial charge in [0.05, 0.1) is 6.10 Å². The van der Waals surface area contributed by atoms with E-state index in [0.717, 1.165) is 11.1 Å². The van der Waals surface area contributed by atoms with Crippen LogP contribution in [0.2, 0.25) is 0 Å². The first-order valence-electron chi connectivity index (χ1n) is 7.14. The van der Waals surface area contributed by atoms with Crippen molar-refractivity contribution in [1.82, 2.24) is 10.6 Å². The number of benzene rings is 2. The number of carbonyl (C=O) groups is 1. The fraction of sp³-hybridized carbons (Fsp3) is 0.235. The standard InChI is InChI=1S/C17H19FN2O2/c18-15-8-6-13(7-9-15)12-20-17(22)19-11-10-16(21)14-4-2-1-3-5-14/h1-9,16,21H,10-12H2,(H2,19,20,22)/t16-/m0/s1. The number of rotatable bonds is 6. The van der Waals surface area contributed by atoms with E-state index in [4.69, 9.17) is 0 Å². The fourth-order valence-corrected chi connectivity index (χ4v) is 2.01. The molecular weight excluding hydrogens is 283 g/mol. The van der Waals surface area contributed by atoms with Gasteiger partial charge in [-0.3, -0.25) is 0 Å². The van der Waals surface area contributed by atoms with Gasteiger partial charge in [-0.15, -0.1) is 0 Å². The van der Waals surface area contributed by atoms with Crippen LogP contribution in [0.15, 0.2) is 54.6 Å². The molecule has 0 aliphatic carbocycles. The lowest BCUT2D eigenvalue weighted by Crippen LogP contribution is -2.36. The minimum Gasteiger partial charge on any atom is -0.388 e. The average Bonchev–Trinajstić information content (AvgIpc) is 2.55. The van der Waals surface area contributed by atoms with E-state index in [2.05, 4.69) is 10.6 Å². The van der Waals surface area contributed by atoms with Gasteiger partial charge in [-0.2, -0.15) is 0 Å². The highest BCUT2D eigenvalue weighted by atomic mass is 19.1. The lowest BCUT2D eigenvalue weighted by Gasteiger charge is -2.12. The molecule has 0 saturated heterocycles. The molecule has 0 fully saturated rings. The van der Waals surface area contributed by atoms with Crippen molar-refractivity contribution in [2.75, 3.05) is 6.54 Å². The SMILES string of the molecule is O=C(NCC[C@H](O)c1ccccc1)NCc1ccc(F)cc1. The molecule has 0 saturated carbocycles. The fourth-order valence-electron chi connectivity index (χ4n) is 2.01. The first-order valence-corrected chi connectivity index (χ1v) is 7.14. The van der Waals surface area contributed by atoms with Crippen LogP contribution in [0.4, 0.5) is 9.18 Å². The summed E-state index contributed by atoms with van der Waals surface area (Å²) in [6, 6.07) is 14.9. The van der Waals surface area contributed by atoms with Gasteiger partial charge < -0.3 is 15.7 Å². The van der Waals surface area contributed by atoms with Crippen molar-refractivity contribution < 1.29 is 14.3 Å². The Hall–Kier alpha value is -2.40. The molecule has 5 heteroatoms. The van der Waals surface area contributed by atoms with Crippen molar-refractivity contribution >= 4 is 6.03 Å². The lowest BCUT2D eigenvalue weighted by atomic mass is 10.1. The van der Waals surface area contributed by atoms with Gasteiger partial charge in [0.2, 0.25) is 0 Å². The van der Waals surface area contributed by atoms with Gasteiger partial charge in [-0.05, 0) is 29.7 Å². The smallest absolute Gasteiger partial charge is 0.315 e. The summed E-state index contributed by atoms with van der Waals surface area (Å²) < 4.78 is 12.7. The third kappa shape index (κ3) is 5.18. The van der Waals surface area contributed by atoms with Crippen LogP contribution in [0.3, 0.4) is 0 Å². The second-order valence-electron chi connectivity index (χ2n) is 4.95. The van der Waals surface area contributed by atoms with E-state index in [1.807, 2.05) is 30.3 Å². The van der Waals surface area contributed by atoms with Gasteiger partial charge in [0.1, 0.15) is 5.82 Å². The Morgan fingerprint density at radius 3 is 2.41 bits per heavy atom. The minimum absolute atomic E-state index is 0.303. The maximum atomic E-state index is 12.7. The molecule has 2 amide bonds. The van der Waals surface area contributed by atoms with Gasteiger partial charge in [-0.25, -0.2) is 9.18 Å². The van der Waals surface area contributed by atoms with Crippen molar-refractivity contribution in [3.8, 4) is 0 Å². The summed E-state index contributed by atoms with van der Waals surface area (Å²) in [5, 5.41) is 15.3. The maximum absolute atomic E-state index is 12.7. The molecule has 116 valence electrons. The molecule has 2 rings (SSSR count). The summed E-state index contributed by atoms with van der Waals surface area (Å²) >= 11 is 0. The van der Waals surface area contributed by atoms with Crippen LogP contribution >= 0.6 is 0 Å². The van der Waals surface area contributed by atoms with Crippen molar-refractivity contribution in [2.45, 2.75) is 19.1 Å². The van der Waals surface area contributed by atoms with E-state index in [1.54, 1.807) is 12.1 Å². The highest BCUT2D eigenvalue weighted by molar-refractivity contribution is 5.73. The molecule has 4 nitrogen and oxygen atoms in total. The number of aliphatic hydroxyl groups is 1. The zero-order chi connectivity index (χ0) is 15.8. The van der Waals surface area contributed by atoms with Crippen molar-refractivity contribution in [1.29, 1.82) is 0 Å². The summed E-state index contributed by atoms with van der Waals surface area (Å²) in [5.41, 5.74) is 1.65. The number of hydrogen-bond acceptors (Lipinski definition) is 2. The Balaban J connectivity index is 1.66. The molecule has 0 radical (unpaired) electrons. The summed E-state index contributed by atoms with van der Waals surface area (Å²) in [7, 11) is 0. The van der Waals surface area contributed by atoms with Crippen molar-refractivity contribution in [3.05, 3.63) is 71.5 Å². The molecule has 22 heavy (non-hydrogen) atoms. The van der Waals surface area contributed by atoms with Gasteiger partial charge in [0.25, 0.3) is 0 Å². The third-order valence-corrected chi connectivity index (χ3v) is 3.25. The predicted octanol–water partition coefficient (Wildman–Crippen LogP) is 2.75. The zero-order valence-corrected chi connectivity index (χ0v) is 12.1. The summed E-state index contributed by atoms with van der Waals surface area (Å²) in [5.74, 6) is -0.303. The third-order valence-electron chi connectivity index (χ3n) is 3.25. The number of amides is 2. The van der Waals surface area contributed by atoms with Gasteiger partial charge in [0.15, 0.2) is 0 Å². The molecule has 1 atom stereocenters. The molecule has 0 heterocycles. The van der Waals surface area contributed by atoms with Crippen molar-refractivity contribution in [3.63, 3.8) is 0 Å². The largest absolute Gasteiger partial charge is 0.388 e. The first-order chi connectivity index (χ1) is 10.6. The van der Waals surface area contributed by atoms with E-state index in [-0.39, 0.29) is 11.8 Å². The highest BCUT2D eigenvalue weighted by Crippen LogP contribution is 2.14. The molecule has 0 aromatic heterocycles. The molecule has 0 unspecified atom stereocenters. The van der Waals surface area contributed by atoms with Crippen LogP contribution in [0.5, 0.6) is 0 Å². The minimum atomic E-state index is -0.599. The highest BCUT2D eigenvalue weighted by Gasteiger charge is 2.07. The quantitative estimate of drug-likeness (QED) is 0.768. The zero-order valence-electron chi connectivity index (χ0n) is 12.1. The number of urea groups is 1.